The van der Waals surface area contributed by atoms with Gasteiger partial charge in [0.25, 0.3) is 5.91 Å². The van der Waals surface area contributed by atoms with Gasteiger partial charge < -0.3 is 5.32 Å². The Morgan fingerprint density at radius 3 is 3.05 bits per heavy atom. The van der Waals surface area contributed by atoms with E-state index in [2.05, 4.69) is 23.8 Å². The Hall–Kier alpha value is -1.52. The molecule has 1 aromatic rings. The van der Waals surface area contributed by atoms with Crippen molar-refractivity contribution in [3.8, 4) is 0 Å². The molecule has 0 saturated carbocycles. The number of pyridine rings is 1. The average Bonchev–Trinajstić information content (AvgIpc) is 2.50. The predicted octanol–water partition coefficient (Wildman–Crippen LogP) is 3.80. The van der Waals surface area contributed by atoms with E-state index in [0.717, 1.165) is 5.75 Å². The number of aromatic nitrogens is 1. The van der Waals surface area contributed by atoms with Crippen LogP contribution in [-0.4, -0.2) is 28.4 Å². The van der Waals surface area contributed by atoms with Gasteiger partial charge in [0, 0.05) is 28.8 Å². The first-order valence-corrected chi connectivity index (χ1v) is 8.03. The zero-order chi connectivity index (χ0) is 15.5. The normalized spacial score (nSPS) is 13.1. The summed E-state index contributed by atoms with van der Waals surface area (Å²) in [6, 6.07) is 5.28. The highest BCUT2D eigenvalue weighted by Gasteiger charge is 2.05. The maximum atomic E-state index is 11.7. The van der Waals surface area contributed by atoms with Gasteiger partial charge in [-0.15, -0.1) is 0 Å². The van der Waals surface area contributed by atoms with Gasteiger partial charge in [-0.05, 0) is 31.2 Å². The third kappa shape index (κ3) is 7.73. The van der Waals surface area contributed by atoms with Crippen LogP contribution in [0.1, 0.15) is 17.4 Å². The third-order valence-electron chi connectivity index (χ3n) is 2.47. The number of halogens is 1. The second kappa shape index (κ2) is 10.2. The molecule has 0 aliphatic carbocycles. The van der Waals surface area contributed by atoms with Crippen molar-refractivity contribution in [3.63, 3.8) is 0 Å². The molecule has 0 radical (unpaired) electrons. The van der Waals surface area contributed by atoms with E-state index >= 15 is 0 Å². The Morgan fingerprint density at radius 1 is 1.57 bits per heavy atom. The first-order valence-electron chi connectivity index (χ1n) is 6.60. The van der Waals surface area contributed by atoms with Crippen LogP contribution in [0.5, 0.6) is 0 Å². The van der Waals surface area contributed by atoms with E-state index in [1.807, 2.05) is 12.2 Å². The molecule has 0 saturated heterocycles. The Labute approximate surface area is 135 Å². The van der Waals surface area contributed by atoms with Gasteiger partial charge in [-0.3, -0.25) is 9.78 Å². The topological polar surface area (TPSA) is 42.0 Å². The quantitative estimate of drug-likeness (QED) is 0.584. The molecule has 1 unspecified atom stereocenters. The van der Waals surface area contributed by atoms with E-state index in [9.17, 15) is 4.79 Å². The van der Waals surface area contributed by atoms with Crippen LogP contribution in [0.2, 0.25) is 0 Å². The van der Waals surface area contributed by atoms with Crippen LogP contribution < -0.4 is 5.32 Å². The van der Waals surface area contributed by atoms with Crippen LogP contribution in [0.4, 0.5) is 0 Å². The molecular weight excluding hydrogens is 304 g/mol. The van der Waals surface area contributed by atoms with Gasteiger partial charge in [-0.25, -0.2) is 0 Å². The minimum absolute atomic E-state index is 0.142. The highest BCUT2D eigenvalue weighted by Crippen LogP contribution is 2.13. The predicted molar refractivity (Wildman–Crippen MR) is 91.8 cm³/mol. The summed E-state index contributed by atoms with van der Waals surface area (Å²) in [6.45, 7) is 6.27. The van der Waals surface area contributed by atoms with E-state index in [-0.39, 0.29) is 5.91 Å². The van der Waals surface area contributed by atoms with Crippen LogP contribution in [0.25, 0.3) is 0 Å². The molecule has 5 heteroatoms. The molecule has 0 aliphatic heterocycles. The smallest absolute Gasteiger partial charge is 0.269 e. The van der Waals surface area contributed by atoms with Crippen LogP contribution in [0, 0.1) is 0 Å². The number of hydrogen-bond acceptors (Lipinski definition) is 3. The summed E-state index contributed by atoms with van der Waals surface area (Å²) in [4.78, 5) is 15.7. The molecule has 3 nitrogen and oxygen atoms in total. The van der Waals surface area contributed by atoms with E-state index < -0.39 is 0 Å². The van der Waals surface area contributed by atoms with Crippen molar-refractivity contribution in [2.24, 2.45) is 0 Å². The zero-order valence-electron chi connectivity index (χ0n) is 12.0. The molecule has 1 heterocycles. The monoisotopic (exact) mass is 322 g/mol. The molecule has 0 aliphatic rings. The maximum absolute atomic E-state index is 11.7. The van der Waals surface area contributed by atoms with Crippen molar-refractivity contribution >= 4 is 29.3 Å². The van der Waals surface area contributed by atoms with Crippen LogP contribution >= 0.6 is 23.4 Å². The highest BCUT2D eigenvalue weighted by molar-refractivity contribution is 8.00. The van der Waals surface area contributed by atoms with Gasteiger partial charge >= 0.3 is 0 Å². The average molecular weight is 323 g/mol. The van der Waals surface area contributed by atoms with Crippen molar-refractivity contribution in [1.82, 2.24) is 10.3 Å². The number of amides is 1. The molecule has 1 amide bonds. The van der Waals surface area contributed by atoms with E-state index in [0.29, 0.717) is 22.5 Å². The summed E-state index contributed by atoms with van der Waals surface area (Å²) < 4.78 is 0. The number of thioether (sulfide) groups is 1. The second-order valence-corrected chi connectivity index (χ2v) is 6.11. The van der Waals surface area contributed by atoms with Gasteiger partial charge in [0.1, 0.15) is 5.69 Å². The molecule has 21 heavy (non-hydrogen) atoms. The summed E-state index contributed by atoms with van der Waals surface area (Å²) in [5, 5.41) is 3.82. The summed E-state index contributed by atoms with van der Waals surface area (Å²) >= 11 is 7.67. The van der Waals surface area contributed by atoms with Crippen molar-refractivity contribution in [1.29, 1.82) is 0 Å². The van der Waals surface area contributed by atoms with Gasteiger partial charge in [0.05, 0.1) is 0 Å². The maximum Gasteiger partial charge on any atom is 0.269 e. The van der Waals surface area contributed by atoms with Crippen LogP contribution in [0.3, 0.4) is 0 Å². The number of nitrogens with zero attached hydrogens (tertiary/aromatic N) is 1. The van der Waals surface area contributed by atoms with Gasteiger partial charge in [0.2, 0.25) is 0 Å². The molecule has 0 fully saturated rings. The molecule has 1 N–H and O–H groups in total. The summed E-state index contributed by atoms with van der Waals surface area (Å²) in [5.41, 5.74) is 0.441. The van der Waals surface area contributed by atoms with Crippen LogP contribution in [0.15, 0.2) is 60.3 Å². The lowest BCUT2D eigenvalue weighted by molar-refractivity contribution is 0.0951. The lowest BCUT2D eigenvalue weighted by atomic mass is 10.3. The number of allylic oxidation sites excluding steroid dienone is 4. The third-order valence-corrected chi connectivity index (χ3v) is 3.84. The fraction of sp³-hybridized carbons (Fsp3) is 0.250. The molecule has 1 rings (SSSR count). The lowest BCUT2D eigenvalue weighted by Gasteiger charge is -2.07. The van der Waals surface area contributed by atoms with Gasteiger partial charge in [-0.2, -0.15) is 11.8 Å². The molecule has 0 bridgehead atoms. The van der Waals surface area contributed by atoms with Crippen molar-refractivity contribution in [2.45, 2.75) is 12.2 Å². The Bertz CT molecular complexity index is 514. The molecule has 1 atom stereocenters. The SMILES string of the molecule is C=C/C=C(Cl)\C=C/C(C)SCCNC(=O)c1ccccn1. The number of nitrogens with one attached hydrogen (secondary N) is 1. The van der Waals surface area contributed by atoms with Crippen LogP contribution in [-0.2, 0) is 0 Å². The van der Waals surface area contributed by atoms with Gasteiger partial charge in [0.15, 0.2) is 0 Å². The highest BCUT2D eigenvalue weighted by atomic mass is 35.5. The number of hydrogen-bond donors (Lipinski definition) is 1. The fourth-order valence-electron chi connectivity index (χ4n) is 1.45. The Morgan fingerprint density at radius 2 is 2.38 bits per heavy atom. The first kappa shape index (κ1) is 17.5. The van der Waals surface area contributed by atoms with Crippen molar-refractivity contribution in [2.75, 3.05) is 12.3 Å². The van der Waals surface area contributed by atoms with E-state index in [1.165, 1.54) is 0 Å². The minimum atomic E-state index is -0.142. The lowest BCUT2D eigenvalue weighted by Crippen LogP contribution is -2.26. The van der Waals surface area contributed by atoms with E-state index in [1.54, 1.807) is 48.3 Å². The van der Waals surface area contributed by atoms with Crippen molar-refractivity contribution in [3.05, 3.63) is 66.0 Å². The first-order chi connectivity index (χ1) is 10.1. The zero-order valence-corrected chi connectivity index (χ0v) is 13.5. The standard InChI is InChI=1S/C16H19ClN2OS/c1-3-6-14(17)9-8-13(2)21-12-11-19-16(20)15-7-4-5-10-18-15/h3-10,13H,1,11-12H2,2H3,(H,19,20)/b9-8-,14-6+. The number of rotatable bonds is 8. The van der Waals surface area contributed by atoms with Crippen molar-refractivity contribution < 1.29 is 4.79 Å². The second-order valence-electron chi connectivity index (χ2n) is 4.19. The number of carbonyl (C=O) groups is 1. The molecule has 1 aromatic heterocycles. The minimum Gasteiger partial charge on any atom is -0.350 e. The molecular formula is C16H19ClN2OS. The molecule has 0 spiro atoms. The summed E-state index contributed by atoms with van der Waals surface area (Å²) in [6.07, 6.45) is 8.87. The van der Waals surface area contributed by atoms with Gasteiger partial charge in [-0.1, -0.05) is 36.4 Å². The Kier molecular flexibility index (Phi) is 8.55. The Balaban J connectivity index is 2.23. The molecule has 112 valence electrons. The number of carbonyl (C=O) groups excluding carboxylic acids is 1. The fourth-order valence-corrected chi connectivity index (χ4v) is 2.39. The molecule has 0 aromatic carbocycles. The largest absolute Gasteiger partial charge is 0.350 e. The van der Waals surface area contributed by atoms with E-state index in [4.69, 9.17) is 11.6 Å². The summed E-state index contributed by atoms with van der Waals surface area (Å²) in [5.74, 6) is 0.684. The summed E-state index contributed by atoms with van der Waals surface area (Å²) in [7, 11) is 0.